The molecule has 0 aromatic carbocycles. The van der Waals surface area contributed by atoms with Crippen LogP contribution in [0.3, 0.4) is 0 Å². The van der Waals surface area contributed by atoms with Crippen molar-refractivity contribution in [3.63, 3.8) is 0 Å². The Morgan fingerprint density at radius 3 is 2.78 bits per heavy atom. The van der Waals surface area contributed by atoms with Gasteiger partial charge in [0, 0.05) is 18.6 Å². The average Bonchev–Trinajstić information content (AvgIpc) is 3.01. The SMILES string of the molecule is CCOC(=O)c1sc(Nc2ncccn2)nc1-c1ccncn1. The van der Waals surface area contributed by atoms with Gasteiger partial charge in [0.15, 0.2) is 5.13 Å². The highest BCUT2D eigenvalue weighted by Crippen LogP contribution is 2.31. The Balaban J connectivity index is 1.98. The molecule has 0 spiro atoms. The molecule has 0 amide bonds. The lowest BCUT2D eigenvalue weighted by molar-refractivity contribution is 0.0532. The van der Waals surface area contributed by atoms with Crippen LogP contribution in [-0.2, 0) is 4.74 Å². The Hall–Kier alpha value is -2.94. The van der Waals surface area contributed by atoms with Gasteiger partial charge in [0.1, 0.15) is 16.9 Å². The molecule has 3 aromatic heterocycles. The van der Waals surface area contributed by atoms with E-state index in [0.29, 0.717) is 27.3 Å². The molecule has 0 saturated heterocycles. The van der Waals surface area contributed by atoms with Crippen LogP contribution in [0.15, 0.2) is 37.1 Å². The van der Waals surface area contributed by atoms with Crippen molar-refractivity contribution in [2.75, 3.05) is 11.9 Å². The lowest BCUT2D eigenvalue weighted by Gasteiger charge is -2.00. The van der Waals surface area contributed by atoms with Gasteiger partial charge in [0.05, 0.1) is 12.3 Å². The van der Waals surface area contributed by atoms with E-state index >= 15 is 0 Å². The van der Waals surface area contributed by atoms with Crippen LogP contribution in [0.2, 0.25) is 0 Å². The topological polar surface area (TPSA) is 103 Å². The minimum atomic E-state index is -0.444. The Bertz CT molecular complexity index is 794. The second-order valence-electron chi connectivity index (χ2n) is 4.21. The summed E-state index contributed by atoms with van der Waals surface area (Å²) < 4.78 is 5.08. The predicted octanol–water partition coefficient (Wildman–Crippen LogP) is 2.31. The third-order valence-electron chi connectivity index (χ3n) is 2.70. The number of ether oxygens (including phenoxy) is 1. The lowest BCUT2D eigenvalue weighted by Crippen LogP contribution is -2.04. The van der Waals surface area contributed by atoms with Gasteiger partial charge in [-0.25, -0.2) is 29.7 Å². The van der Waals surface area contributed by atoms with Crippen LogP contribution in [0.5, 0.6) is 0 Å². The molecule has 0 radical (unpaired) electrons. The number of aromatic nitrogens is 5. The van der Waals surface area contributed by atoms with Gasteiger partial charge >= 0.3 is 5.97 Å². The van der Waals surface area contributed by atoms with E-state index in [9.17, 15) is 4.79 Å². The first-order valence-electron chi connectivity index (χ1n) is 6.76. The highest BCUT2D eigenvalue weighted by atomic mass is 32.1. The van der Waals surface area contributed by atoms with Crippen molar-refractivity contribution < 1.29 is 9.53 Å². The quantitative estimate of drug-likeness (QED) is 0.712. The molecule has 0 atom stereocenters. The van der Waals surface area contributed by atoms with Gasteiger partial charge < -0.3 is 10.1 Å². The maximum Gasteiger partial charge on any atom is 0.350 e. The smallest absolute Gasteiger partial charge is 0.350 e. The minimum absolute atomic E-state index is 0.282. The van der Waals surface area contributed by atoms with E-state index in [1.54, 1.807) is 37.6 Å². The molecule has 3 rings (SSSR count). The number of anilines is 2. The molecule has 1 N–H and O–H groups in total. The molecule has 9 heteroatoms. The van der Waals surface area contributed by atoms with Gasteiger partial charge in [0.2, 0.25) is 5.95 Å². The van der Waals surface area contributed by atoms with Crippen LogP contribution in [0.4, 0.5) is 11.1 Å². The van der Waals surface area contributed by atoms with E-state index in [2.05, 4.69) is 30.2 Å². The van der Waals surface area contributed by atoms with E-state index in [0.717, 1.165) is 11.3 Å². The summed E-state index contributed by atoms with van der Waals surface area (Å²) in [6, 6.07) is 3.39. The highest BCUT2D eigenvalue weighted by Gasteiger charge is 2.21. The van der Waals surface area contributed by atoms with Crippen LogP contribution in [-0.4, -0.2) is 37.5 Å². The zero-order valence-corrected chi connectivity index (χ0v) is 12.9. The molecule has 3 aromatic rings. The predicted molar refractivity (Wildman–Crippen MR) is 84.4 cm³/mol. The Kier molecular flexibility index (Phi) is 4.48. The highest BCUT2D eigenvalue weighted by molar-refractivity contribution is 7.18. The fraction of sp³-hybridized carbons (Fsp3) is 0.143. The fourth-order valence-electron chi connectivity index (χ4n) is 1.77. The maximum atomic E-state index is 12.2. The summed E-state index contributed by atoms with van der Waals surface area (Å²) in [6.07, 6.45) is 6.21. The summed E-state index contributed by atoms with van der Waals surface area (Å²) in [5.41, 5.74) is 0.982. The van der Waals surface area contributed by atoms with Crippen molar-refractivity contribution in [1.82, 2.24) is 24.9 Å². The van der Waals surface area contributed by atoms with Crippen molar-refractivity contribution in [3.05, 3.63) is 41.9 Å². The number of thiazole rings is 1. The molecule has 8 nitrogen and oxygen atoms in total. The molecule has 23 heavy (non-hydrogen) atoms. The zero-order valence-electron chi connectivity index (χ0n) is 12.1. The summed E-state index contributed by atoms with van der Waals surface area (Å²) in [7, 11) is 0. The van der Waals surface area contributed by atoms with Crippen molar-refractivity contribution in [3.8, 4) is 11.4 Å². The summed E-state index contributed by atoms with van der Waals surface area (Å²) in [6.45, 7) is 2.03. The monoisotopic (exact) mass is 328 g/mol. The molecular weight excluding hydrogens is 316 g/mol. The Morgan fingerprint density at radius 2 is 2.09 bits per heavy atom. The molecule has 116 valence electrons. The third kappa shape index (κ3) is 3.46. The normalized spacial score (nSPS) is 10.3. The number of hydrogen-bond acceptors (Lipinski definition) is 9. The Labute approximate surface area is 135 Å². The van der Waals surface area contributed by atoms with E-state index in [1.807, 2.05) is 0 Å². The van der Waals surface area contributed by atoms with Crippen LogP contribution < -0.4 is 5.32 Å². The molecular formula is C14H12N6O2S. The first-order valence-corrected chi connectivity index (χ1v) is 7.58. The third-order valence-corrected chi connectivity index (χ3v) is 3.65. The molecule has 0 unspecified atom stereocenters. The number of carbonyl (C=O) groups excluding carboxylic acids is 1. The second-order valence-corrected chi connectivity index (χ2v) is 5.21. The number of carbonyl (C=O) groups is 1. The van der Waals surface area contributed by atoms with Crippen molar-refractivity contribution in [1.29, 1.82) is 0 Å². The van der Waals surface area contributed by atoms with Gasteiger partial charge in [-0.1, -0.05) is 11.3 Å². The first-order chi connectivity index (χ1) is 11.3. The number of nitrogens with zero attached hydrogens (tertiary/aromatic N) is 5. The largest absolute Gasteiger partial charge is 0.462 e. The van der Waals surface area contributed by atoms with Gasteiger partial charge in [-0.05, 0) is 19.1 Å². The number of nitrogens with one attached hydrogen (secondary N) is 1. The summed E-state index contributed by atoms with van der Waals surface area (Å²) in [5.74, 6) is -0.0495. The van der Waals surface area contributed by atoms with Crippen molar-refractivity contribution in [2.24, 2.45) is 0 Å². The molecule has 0 saturated carbocycles. The Morgan fingerprint density at radius 1 is 1.26 bits per heavy atom. The molecule has 0 aliphatic carbocycles. The van der Waals surface area contributed by atoms with E-state index in [-0.39, 0.29) is 6.61 Å². The number of esters is 1. The average molecular weight is 328 g/mol. The minimum Gasteiger partial charge on any atom is -0.462 e. The van der Waals surface area contributed by atoms with Gasteiger partial charge in [-0.2, -0.15) is 0 Å². The van der Waals surface area contributed by atoms with E-state index in [1.165, 1.54) is 6.33 Å². The first kappa shape index (κ1) is 15.0. The summed E-state index contributed by atoms with van der Waals surface area (Å²) in [5, 5.41) is 3.44. The van der Waals surface area contributed by atoms with Gasteiger partial charge in [0.25, 0.3) is 0 Å². The van der Waals surface area contributed by atoms with Crippen molar-refractivity contribution in [2.45, 2.75) is 6.92 Å². The molecule has 0 aliphatic heterocycles. The van der Waals surface area contributed by atoms with E-state index in [4.69, 9.17) is 4.74 Å². The summed E-state index contributed by atoms with van der Waals surface area (Å²) >= 11 is 1.16. The van der Waals surface area contributed by atoms with Gasteiger partial charge in [-0.15, -0.1) is 0 Å². The zero-order chi connectivity index (χ0) is 16.1. The standard InChI is InChI=1S/C14H12N6O2S/c1-2-22-12(21)11-10(9-4-7-15-8-18-9)19-14(23-11)20-13-16-5-3-6-17-13/h3-8H,2H2,1H3,(H,16,17,19,20). The van der Waals surface area contributed by atoms with E-state index < -0.39 is 5.97 Å². The van der Waals surface area contributed by atoms with Gasteiger partial charge in [-0.3, -0.25) is 0 Å². The number of rotatable bonds is 5. The molecule has 3 heterocycles. The number of hydrogen-bond donors (Lipinski definition) is 1. The summed E-state index contributed by atoms with van der Waals surface area (Å²) in [4.78, 5) is 33.1. The lowest BCUT2D eigenvalue weighted by atomic mass is 10.2. The molecule has 0 aliphatic rings. The van der Waals surface area contributed by atoms with Crippen LogP contribution >= 0.6 is 11.3 Å². The van der Waals surface area contributed by atoms with Crippen LogP contribution in [0.1, 0.15) is 16.6 Å². The maximum absolute atomic E-state index is 12.2. The fourth-order valence-corrected chi connectivity index (χ4v) is 2.63. The second kappa shape index (κ2) is 6.88. The van der Waals surface area contributed by atoms with Crippen molar-refractivity contribution >= 4 is 28.4 Å². The van der Waals surface area contributed by atoms with Crippen LogP contribution in [0, 0.1) is 0 Å². The molecule has 0 fully saturated rings. The van der Waals surface area contributed by atoms with Crippen LogP contribution in [0.25, 0.3) is 11.4 Å². The molecule has 0 bridgehead atoms.